The van der Waals surface area contributed by atoms with E-state index in [0.717, 1.165) is 5.56 Å². The summed E-state index contributed by atoms with van der Waals surface area (Å²) in [7, 11) is -2.57. The molecule has 2 N–H and O–H groups in total. The second-order valence-corrected chi connectivity index (χ2v) is 11.5. The molecule has 0 saturated carbocycles. The molecule has 0 aliphatic carbocycles. The number of fused-ring (bicyclic) bond motifs is 2. The summed E-state index contributed by atoms with van der Waals surface area (Å²) in [5.74, 6) is 0. The molecule has 11 heteroatoms. The summed E-state index contributed by atoms with van der Waals surface area (Å²) in [5, 5.41) is 10.3. The van der Waals surface area contributed by atoms with Crippen LogP contribution in [0.1, 0.15) is 0 Å². The SMILES string of the molecule is C[S@](=O)(=Nc1ccc(-c2nc3[nH]c(O[C@@H]4CO[C@H]5[C@@H]4OC[C@H]5O)nc3cc2Cl)cc1)c1ccccc1. The quantitative estimate of drug-likeness (QED) is 0.404. The van der Waals surface area contributed by atoms with E-state index in [1.165, 1.54) is 0 Å². The molecule has 2 fully saturated rings. The lowest BCUT2D eigenvalue weighted by Crippen LogP contribution is -2.34. The van der Waals surface area contributed by atoms with Crippen LogP contribution in [0.2, 0.25) is 5.02 Å². The van der Waals surface area contributed by atoms with Crippen molar-refractivity contribution in [2.75, 3.05) is 19.5 Å². The van der Waals surface area contributed by atoms with Crippen molar-refractivity contribution in [3.63, 3.8) is 0 Å². The average molecular weight is 527 g/mol. The Balaban J connectivity index is 1.24. The van der Waals surface area contributed by atoms with Gasteiger partial charge in [0.2, 0.25) is 0 Å². The average Bonchev–Trinajstić information content (AvgIpc) is 3.56. The Kier molecular flexibility index (Phi) is 5.93. The van der Waals surface area contributed by atoms with E-state index in [1.54, 1.807) is 24.5 Å². The number of aliphatic hydroxyl groups is 1. The summed E-state index contributed by atoms with van der Waals surface area (Å²) >= 11 is 6.54. The summed E-state index contributed by atoms with van der Waals surface area (Å²) < 4.78 is 34.7. The highest BCUT2D eigenvalue weighted by Gasteiger charge is 2.48. The van der Waals surface area contributed by atoms with Crippen molar-refractivity contribution in [2.24, 2.45) is 4.36 Å². The number of ether oxygens (including phenoxy) is 3. The molecule has 9 nitrogen and oxygen atoms in total. The first kappa shape index (κ1) is 23.4. The zero-order valence-electron chi connectivity index (χ0n) is 19.2. The highest BCUT2D eigenvalue weighted by atomic mass is 35.5. The van der Waals surface area contributed by atoms with E-state index in [-0.39, 0.29) is 30.9 Å². The molecule has 4 heterocycles. The van der Waals surface area contributed by atoms with E-state index >= 15 is 0 Å². The van der Waals surface area contributed by atoms with Crippen molar-refractivity contribution in [3.8, 4) is 17.3 Å². The number of hydrogen-bond donors (Lipinski definition) is 2. The van der Waals surface area contributed by atoms with Gasteiger partial charge >= 0.3 is 0 Å². The molecule has 2 aliphatic heterocycles. The third-order valence-electron chi connectivity index (χ3n) is 6.25. The summed E-state index contributed by atoms with van der Waals surface area (Å²) in [5.41, 5.74) is 3.02. The largest absolute Gasteiger partial charge is 0.456 e. The van der Waals surface area contributed by atoms with Crippen molar-refractivity contribution in [3.05, 3.63) is 65.7 Å². The predicted molar refractivity (Wildman–Crippen MR) is 135 cm³/mol. The lowest BCUT2D eigenvalue weighted by atomic mass is 10.1. The number of imidazole rings is 1. The molecular weight excluding hydrogens is 504 g/mol. The summed E-state index contributed by atoms with van der Waals surface area (Å²) in [6, 6.07) is 18.4. The fourth-order valence-electron chi connectivity index (χ4n) is 4.45. The maximum atomic E-state index is 13.1. The molecule has 0 unspecified atom stereocenters. The van der Waals surface area contributed by atoms with E-state index in [0.29, 0.717) is 39.1 Å². The van der Waals surface area contributed by atoms with Gasteiger partial charge in [0.25, 0.3) is 6.01 Å². The van der Waals surface area contributed by atoms with Crippen molar-refractivity contribution in [1.29, 1.82) is 0 Å². The highest BCUT2D eigenvalue weighted by molar-refractivity contribution is 7.93. The van der Waals surface area contributed by atoms with Crippen LogP contribution >= 0.6 is 11.6 Å². The van der Waals surface area contributed by atoms with Crippen molar-refractivity contribution in [1.82, 2.24) is 15.0 Å². The Morgan fingerprint density at radius 1 is 1.08 bits per heavy atom. The highest BCUT2D eigenvalue weighted by Crippen LogP contribution is 2.33. The normalized spacial score (nSPS) is 25.0. The Bertz CT molecular complexity index is 1540. The minimum atomic E-state index is -2.57. The Morgan fingerprint density at radius 2 is 1.83 bits per heavy atom. The van der Waals surface area contributed by atoms with Crippen LogP contribution < -0.4 is 4.74 Å². The third-order valence-corrected chi connectivity index (χ3v) is 8.24. The van der Waals surface area contributed by atoms with Crippen LogP contribution in [0.15, 0.2) is 69.9 Å². The number of hydrogen-bond acceptors (Lipinski definition) is 8. The Labute approximate surface area is 212 Å². The smallest absolute Gasteiger partial charge is 0.296 e. The van der Waals surface area contributed by atoms with Crippen LogP contribution in [0.25, 0.3) is 22.4 Å². The summed E-state index contributed by atoms with van der Waals surface area (Å²) in [6.45, 7) is 0.526. The minimum absolute atomic E-state index is 0.226. The monoisotopic (exact) mass is 526 g/mol. The molecule has 2 aromatic heterocycles. The van der Waals surface area contributed by atoms with E-state index in [1.807, 2.05) is 42.5 Å². The zero-order chi connectivity index (χ0) is 24.9. The van der Waals surface area contributed by atoms with Crippen LogP contribution in [0.5, 0.6) is 6.01 Å². The van der Waals surface area contributed by atoms with Gasteiger partial charge in [-0.25, -0.2) is 9.19 Å². The number of aliphatic hydroxyl groups excluding tert-OH is 1. The number of nitrogens with zero attached hydrogens (tertiary/aromatic N) is 3. The van der Waals surface area contributed by atoms with Crippen molar-refractivity contribution < 1.29 is 23.5 Å². The molecule has 2 saturated heterocycles. The summed E-state index contributed by atoms with van der Waals surface area (Å²) in [4.78, 5) is 12.8. The first-order chi connectivity index (χ1) is 17.4. The number of aromatic amines is 1. The molecule has 0 amide bonds. The van der Waals surface area contributed by atoms with Gasteiger partial charge < -0.3 is 19.3 Å². The molecule has 2 aliphatic rings. The lowest BCUT2D eigenvalue weighted by molar-refractivity contribution is 0.00706. The van der Waals surface area contributed by atoms with Crippen LogP contribution in [0, 0.1) is 0 Å². The molecule has 0 bridgehead atoms. The molecule has 0 spiro atoms. The maximum absolute atomic E-state index is 13.1. The van der Waals surface area contributed by atoms with Gasteiger partial charge in [-0.2, -0.15) is 9.35 Å². The number of H-pyrrole nitrogens is 1. The van der Waals surface area contributed by atoms with E-state index in [4.69, 9.17) is 25.8 Å². The molecule has 36 heavy (non-hydrogen) atoms. The molecule has 5 atom stereocenters. The van der Waals surface area contributed by atoms with Gasteiger partial charge in [0.05, 0.1) is 39.3 Å². The van der Waals surface area contributed by atoms with Crippen LogP contribution in [0.3, 0.4) is 0 Å². The zero-order valence-corrected chi connectivity index (χ0v) is 20.8. The number of aromatic nitrogens is 3. The van der Waals surface area contributed by atoms with E-state index < -0.39 is 15.8 Å². The molecular formula is C25H23ClN4O5S. The van der Waals surface area contributed by atoms with Gasteiger partial charge in [0.15, 0.2) is 11.8 Å². The number of halogens is 1. The van der Waals surface area contributed by atoms with Gasteiger partial charge in [-0.3, -0.25) is 4.98 Å². The molecule has 2 aromatic carbocycles. The minimum Gasteiger partial charge on any atom is -0.456 e. The van der Waals surface area contributed by atoms with Crippen molar-refractivity contribution >= 4 is 38.2 Å². The number of pyridine rings is 1. The second kappa shape index (κ2) is 9.13. The predicted octanol–water partition coefficient (Wildman–Crippen LogP) is 3.97. The van der Waals surface area contributed by atoms with E-state index in [9.17, 15) is 9.32 Å². The van der Waals surface area contributed by atoms with Crippen LogP contribution in [-0.4, -0.2) is 68.2 Å². The third kappa shape index (κ3) is 4.35. The van der Waals surface area contributed by atoms with Crippen LogP contribution in [0.4, 0.5) is 5.69 Å². The number of rotatable bonds is 5. The number of nitrogens with one attached hydrogen (secondary N) is 1. The van der Waals surface area contributed by atoms with Gasteiger partial charge in [-0.15, -0.1) is 0 Å². The molecule has 4 aromatic rings. The fraction of sp³-hybridized carbons (Fsp3) is 0.280. The Morgan fingerprint density at radius 3 is 2.61 bits per heavy atom. The molecule has 0 radical (unpaired) electrons. The first-order valence-electron chi connectivity index (χ1n) is 11.4. The first-order valence-corrected chi connectivity index (χ1v) is 13.7. The molecule has 6 rings (SSSR count). The van der Waals surface area contributed by atoms with Crippen LogP contribution in [-0.2, 0) is 19.2 Å². The van der Waals surface area contributed by atoms with Gasteiger partial charge in [-0.05, 0) is 30.3 Å². The topological polar surface area (TPSA) is 119 Å². The van der Waals surface area contributed by atoms with Crippen molar-refractivity contribution in [2.45, 2.75) is 29.3 Å². The molecule has 186 valence electrons. The van der Waals surface area contributed by atoms with Gasteiger partial charge in [0, 0.05) is 16.7 Å². The van der Waals surface area contributed by atoms with Gasteiger partial charge in [0.1, 0.15) is 23.8 Å². The summed E-state index contributed by atoms with van der Waals surface area (Å²) in [6.07, 6.45) is -0.141. The standard InChI is InChI=1S/C25H23ClN4O5S/c1-36(32,16-5-3-2-4-6-16)30-15-9-7-14(8-10-15)21-17(26)11-18-24(28-21)29-25(27-18)35-20-13-34-22-19(31)12-33-23(20)22/h2-11,19-20,22-23,31H,12-13H2,1H3,(H,27,28,29)/t19-,20-,22-,23-,36-/m1/s1. The van der Waals surface area contributed by atoms with Gasteiger partial charge in [-0.1, -0.05) is 41.9 Å². The fourth-order valence-corrected chi connectivity index (χ4v) is 5.99. The maximum Gasteiger partial charge on any atom is 0.296 e. The Hall–Kier alpha value is -3.02. The lowest BCUT2D eigenvalue weighted by Gasteiger charge is -2.15. The van der Waals surface area contributed by atoms with E-state index in [2.05, 4.69) is 19.3 Å². The number of benzene rings is 2. The second-order valence-electron chi connectivity index (χ2n) is 8.80.